The van der Waals surface area contributed by atoms with Gasteiger partial charge in [0, 0.05) is 30.0 Å². The van der Waals surface area contributed by atoms with Crippen molar-refractivity contribution in [3.05, 3.63) is 66.5 Å². The van der Waals surface area contributed by atoms with Crippen molar-refractivity contribution in [3.63, 3.8) is 0 Å². The molecular formula is C21H20FN5O2. The molecule has 0 bridgehead atoms. The fourth-order valence-corrected chi connectivity index (χ4v) is 3.02. The van der Waals surface area contributed by atoms with Crippen LogP contribution in [0.1, 0.15) is 0 Å². The molecule has 0 unspecified atom stereocenters. The topological polar surface area (TPSA) is 79.4 Å². The minimum atomic E-state index is -0.446. The van der Waals surface area contributed by atoms with Gasteiger partial charge in [-0.05, 0) is 42.5 Å². The normalized spacial score (nSPS) is 13.8. The van der Waals surface area contributed by atoms with E-state index < -0.39 is 11.8 Å². The minimum absolute atomic E-state index is 0.384. The molecule has 4 rings (SSSR count). The third-order valence-corrected chi connectivity index (χ3v) is 4.51. The standard InChI is InChI=1S/C21H20FN5O2/c22-16-2-1-3-18(14-16)24-21(28)23-17-6-4-15(5-7-17)19-8-9-20(26-25-19)27-10-12-29-13-11-27/h1-9,14H,10-13H2,(H2,23,24,28). The molecule has 0 aliphatic carbocycles. The summed E-state index contributed by atoms with van der Waals surface area (Å²) in [6.07, 6.45) is 0. The summed E-state index contributed by atoms with van der Waals surface area (Å²) >= 11 is 0. The fourth-order valence-electron chi connectivity index (χ4n) is 3.02. The first-order valence-corrected chi connectivity index (χ1v) is 9.28. The highest BCUT2D eigenvalue weighted by molar-refractivity contribution is 5.99. The molecule has 0 spiro atoms. The number of morpholine rings is 1. The predicted octanol–water partition coefficient (Wildman–Crippen LogP) is 3.76. The lowest BCUT2D eigenvalue weighted by Gasteiger charge is -2.27. The van der Waals surface area contributed by atoms with E-state index >= 15 is 0 Å². The predicted molar refractivity (Wildman–Crippen MR) is 110 cm³/mol. The van der Waals surface area contributed by atoms with E-state index in [1.165, 1.54) is 18.2 Å². The van der Waals surface area contributed by atoms with Crippen LogP contribution in [0.25, 0.3) is 11.3 Å². The third kappa shape index (κ3) is 4.85. The summed E-state index contributed by atoms with van der Waals surface area (Å²) in [5.74, 6) is 0.428. The lowest BCUT2D eigenvalue weighted by Crippen LogP contribution is -2.36. The first-order chi connectivity index (χ1) is 14.2. The lowest BCUT2D eigenvalue weighted by molar-refractivity contribution is 0.122. The second kappa shape index (κ2) is 8.66. The highest BCUT2D eigenvalue weighted by atomic mass is 19.1. The molecule has 1 aromatic heterocycles. The van der Waals surface area contributed by atoms with E-state index in [4.69, 9.17) is 4.74 Å². The zero-order valence-electron chi connectivity index (χ0n) is 15.6. The van der Waals surface area contributed by atoms with Gasteiger partial charge in [0.2, 0.25) is 0 Å². The van der Waals surface area contributed by atoms with Crippen LogP contribution in [0, 0.1) is 5.82 Å². The molecule has 148 valence electrons. The summed E-state index contributed by atoms with van der Waals surface area (Å²) in [6.45, 7) is 3.02. The third-order valence-electron chi connectivity index (χ3n) is 4.51. The Kier molecular flexibility index (Phi) is 5.62. The van der Waals surface area contributed by atoms with Gasteiger partial charge in [-0.2, -0.15) is 0 Å². The first kappa shape index (κ1) is 18.8. The smallest absolute Gasteiger partial charge is 0.323 e. The number of nitrogens with zero attached hydrogens (tertiary/aromatic N) is 3. The van der Waals surface area contributed by atoms with E-state index in [1.807, 2.05) is 24.3 Å². The van der Waals surface area contributed by atoms with E-state index in [9.17, 15) is 9.18 Å². The molecule has 2 heterocycles. The Balaban J connectivity index is 1.37. The molecule has 1 fully saturated rings. The van der Waals surface area contributed by atoms with Gasteiger partial charge in [-0.3, -0.25) is 0 Å². The lowest BCUT2D eigenvalue weighted by atomic mass is 10.1. The van der Waals surface area contributed by atoms with Gasteiger partial charge in [-0.1, -0.05) is 18.2 Å². The van der Waals surface area contributed by atoms with Gasteiger partial charge in [-0.25, -0.2) is 9.18 Å². The van der Waals surface area contributed by atoms with Crippen molar-refractivity contribution in [1.29, 1.82) is 0 Å². The van der Waals surface area contributed by atoms with Gasteiger partial charge in [0.1, 0.15) is 5.82 Å². The molecule has 1 aliphatic rings. The molecular weight excluding hydrogens is 373 g/mol. The van der Waals surface area contributed by atoms with Crippen molar-refractivity contribution in [2.75, 3.05) is 41.8 Å². The van der Waals surface area contributed by atoms with Crippen LogP contribution >= 0.6 is 0 Å². The van der Waals surface area contributed by atoms with Crippen molar-refractivity contribution in [2.24, 2.45) is 0 Å². The van der Waals surface area contributed by atoms with Gasteiger partial charge in [0.05, 0.1) is 18.9 Å². The monoisotopic (exact) mass is 393 g/mol. The average molecular weight is 393 g/mol. The number of carbonyl (C=O) groups is 1. The van der Waals surface area contributed by atoms with Crippen LogP contribution in [0.5, 0.6) is 0 Å². The molecule has 8 heteroatoms. The van der Waals surface area contributed by atoms with Gasteiger partial charge < -0.3 is 20.3 Å². The number of hydrogen-bond acceptors (Lipinski definition) is 5. The summed E-state index contributed by atoms with van der Waals surface area (Å²) in [4.78, 5) is 14.2. The van der Waals surface area contributed by atoms with E-state index in [-0.39, 0.29) is 0 Å². The Morgan fingerprint density at radius 2 is 1.69 bits per heavy atom. The maximum absolute atomic E-state index is 13.2. The molecule has 2 N–H and O–H groups in total. The number of hydrogen-bond donors (Lipinski definition) is 2. The quantitative estimate of drug-likeness (QED) is 0.706. The number of benzene rings is 2. The number of ether oxygens (including phenoxy) is 1. The number of urea groups is 1. The second-order valence-corrected chi connectivity index (χ2v) is 6.54. The van der Waals surface area contributed by atoms with Crippen molar-refractivity contribution in [1.82, 2.24) is 10.2 Å². The Morgan fingerprint density at radius 3 is 2.38 bits per heavy atom. The highest BCUT2D eigenvalue weighted by Gasteiger charge is 2.13. The summed E-state index contributed by atoms with van der Waals surface area (Å²) in [5, 5.41) is 13.9. The van der Waals surface area contributed by atoms with E-state index in [0.717, 1.165) is 30.2 Å². The molecule has 29 heavy (non-hydrogen) atoms. The summed E-state index contributed by atoms with van der Waals surface area (Å²) < 4.78 is 18.5. The summed E-state index contributed by atoms with van der Waals surface area (Å²) in [5.41, 5.74) is 2.63. The van der Waals surface area contributed by atoms with Crippen molar-refractivity contribution < 1.29 is 13.9 Å². The van der Waals surface area contributed by atoms with Crippen LogP contribution in [-0.4, -0.2) is 42.5 Å². The number of carbonyl (C=O) groups excluding carboxylic acids is 1. The molecule has 7 nitrogen and oxygen atoms in total. The minimum Gasteiger partial charge on any atom is -0.378 e. The van der Waals surface area contributed by atoms with Crippen LogP contribution in [0.15, 0.2) is 60.7 Å². The van der Waals surface area contributed by atoms with Crippen LogP contribution in [-0.2, 0) is 4.74 Å². The molecule has 0 atom stereocenters. The Labute approximate surface area is 167 Å². The van der Waals surface area contributed by atoms with Crippen LogP contribution < -0.4 is 15.5 Å². The van der Waals surface area contributed by atoms with Gasteiger partial charge in [-0.15, -0.1) is 10.2 Å². The maximum Gasteiger partial charge on any atom is 0.323 e. The van der Waals surface area contributed by atoms with Crippen molar-refractivity contribution >= 4 is 23.2 Å². The Hall–Kier alpha value is -3.52. The zero-order valence-corrected chi connectivity index (χ0v) is 15.6. The fraction of sp³-hybridized carbons (Fsp3) is 0.190. The average Bonchev–Trinajstić information content (AvgIpc) is 2.75. The van der Waals surface area contributed by atoms with Crippen LogP contribution in [0.3, 0.4) is 0 Å². The highest BCUT2D eigenvalue weighted by Crippen LogP contribution is 2.21. The first-order valence-electron chi connectivity index (χ1n) is 9.28. The van der Waals surface area contributed by atoms with Gasteiger partial charge in [0.25, 0.3) is 0 Å². The molecule has 2 aromatic carbocycles. The summed E-state index contributed by atoms with van der Waals surface area (Å²) in [6, 6.07) is 16.4. The molecule has 0 radical (unpaired) electrons. The Bertz CT molecular complexity index is 973. The van der Waals surface area contributed by atoms with E-state index in [1.54, 1.807) is 18.2 Å². The molecule has 3 aromatic rings. The van der Waals surface area contributed by atoms with E-state index in [0.29, 0.717) is 24.6 Å². The number of halogens is 1. The zero-order chi connectivity index (χ0) is 20.1. The largest absolute Gasteiger partial charge is 0.378 e. The number of nitrogens with one attached hydrogen (secondary N) is 2. The maximum atomic E-state index is 13.2. The van der Waals surface area contributed by atoms with E-state index in [2.05, 4.69) is 25.7 Å². The van der Waals surface area contributed by atoms with Gasteiger partial charge in [0.15, 0.2) is 5.82 Å². The molecule has 1 aliphatic heterocycles. The SMILES string of the molecule is O=C(Nc1ccc(-c2ccc(N3CCOCC3)nn2)cc1)Nc1cccc(F)c1. The van der Waals surface area contributed by atoms with Crippen LogP contribution in [0.4, 0.5) is 26.4 Å². The Morgan fingerprint density at radius 1 is 0.931 bits per heavy atom. The summed E-state index contributed by atoms with van der Waals surface area (Å²) in [7, 11) is 0. The number of aromatic nitrogens is 2. The number of amides is 2. The molecule has 0 saturated carbocycles. The van der Waals surface area contributed by atoms with Crippen molar-refractivity contribution in [3.8, 4) is 11.3 Å². The van der Waals surface area contributed by atoms with Crippen LogP contribution in [0.2, 0.25) is 0 Å². The van der Waals surface area contributed by atoms with Crippen molar-refractivity contribution in [2.45, 2.75) is 0 Å². The molecule has 2 amide bonds. The molecule has 1 saturated heterocycles. The number of anilines is 3. The van der Waals surface area contributed by atoms with Gasteiger partial charge >= 0.3 is 6.03 Å². The second-order valence-electron chi connectivity index (χ2n) is 6.54. The number of rotatable bonds is 4.